The van der Waals surface area contributed by atoms with E-state index in [-0.39, 0.29) is 47.5 Å². The van der Waals surface area contributed by atoms with Crippen molar-refractivity contribution in [2.75, 3.05) is 13.1 Å². The zero-order chi connectivity index (χ0) is 43.6. The molecule has 4 amide bonds. The van der Waals surface area contributed by atoms with Gasteiger partial charge in [0.05, 0.1) is 35.9 Å². The fourth-order valence-electron chi connectivity index (χ4n) is 8.95. The van der Waals surface area contributed by atoms with Gasteiger partial charge in [-0.25, -0.2) is 9.97 Å². The van der Waals surface area contributed by atoms with Crippen molar-refractivity contribution in [3.63, 3.8) is 0 Å². The summed E-state index contributed by atoms with van der Waals surface area (Å²) in [5.41, 5.74) is 6.94. The van der Waals surface area contributed by atoms with E-state index >= 15 is 0 Å². The van der Waals surface area contributed by atoms with Crippen LogP contribution >= 0.6 is 0 Å². The molecule has 0 radical (unpaired) electrons. The number of amides is 4. The van der Waals surface area contributed by atoms with E-state index in [1.807, 2.05) is 131 Å². The third kappa shape index (κ3) is 8.84. The van der Waals surface area contributed by atoms with Gasteiger partial charge in [0.25, 0.3) is 0 Å². The van der Waals surface area contributed by atoms with Crippen molar-refractivity contribution in [1.29, 1.82) is 0 Å². The summed E-state index contributed by atoms with van der Waals surface area (Å²) >= 11 is 0. The van der Waals surface area contributed by atoms with Crippen molar-refractivity contribution in [2.24, 2.45) is 11.8 Å². The standard InChI is InChI=1S/C52H50N8O4/c61-49(39-25-26-39)57-45(37-9-3-1-4-10-37)51(63)59-29-7-13-43(59)47-53-31-41(55-47)35-21-17-33(18-22-35)15-16-34-19-23-36(24-20-34)42-32-54-48(56-42)44-14-8-30-60(44)52(64)46(38-11-5-2-6-12-38)58-50(62)40-27-28-40/h1-6,9-12,17-24,31-32,39-40,43-46H,7-8,13-14,25-30H2,(H,53,55)(H,54,56)(H,57,61)(H,58,62)/t43?,44?,45-,46-/m1/s1. The predicted octanol–water partition coefficient (Wildman–Crippen LogP) is 7.73. The van der Waals surface area contributed by atoms with Crippen LogP contribution in [0.25, 0.3) is 22.5 Å². The summed E-state index contributed by atoms with van der Waals surface area (Å²) in [6, 6.07) is 33.1. The first-order valence-corrected chi connectivity index (χ1v) is 22.5. The molecule has 4 heterocycles. The molecule has 0 bridgehead atoms. The lowest BCUT2D eigenvalue weighted by Gasteiger charge is -2.28. The Hall–Kier alpha value is -7.26. The molecule has 10 rings (SSSR count). The van der Waals surface area contributed by atoms with Crippen molar-refractivity contribution in [3.8, 4) is 34.4 Å². The molecule has 4 N–H and O–H groups in total. The van der Waals surface area contributed by atoms with E-state index in [9.17, 15) is 19.2 Å². The summed E-state index contributed by atoms with van der Waals surface area (Å²) in [5.74, 6) is 7.69. The molecular formula is C52H50N8O4. The van der Waals surface area contributed by atoms with Crippen LogP contribution in [0.15, 0.2) is 122 Å². The molecule has 2 saturated heterocycles. The Balaban J connectivity index is 0.774. The van der Waals surface area contributed by atoms with Crippen LogP contribution in [0, 0.1) is 23.7 Å². The number of aromatic amines is 2. The predicted molar refractivity (Wildman–Crippen MR) is 242 cm³/mol. The Bertz CT molecular complexity index is 2530. The average molecular weight is 851 g/mol. The number of hydrogen-bond donors (Lipinski definition) is 4. The van der Waals surface area contributed by atoms with Gasteiger partial charge in [-0.2, -0.15) is 0 Å². The second kappa shape index (κ2) is 17.8. The summed E-state index contributed by atoms with van der Waals surface area (Å²) in [5, 5.41) is 6.09. The molecule has 6 aromatic rings. The van der Waals surface area contributed by atoms with Gasteiger partial charge < -0.3 is 30.4 Å². The Kier molecular flexibility index (Phi) is 11.4. The highest BCUT2D eigenvalue weighted by atomic mass is 16.2. The second-order valence-electron chi connectivity index (χ2n) is 17.4. The maximum atomic E-state index is 14.1. The van der Waals surface area contributed by atoms with E-state index in [4.69, 9.17) is 9.97 Å². The van der Waals surface area contributed by atoms with Crippen LogP contribution in [-0.4, -0.2) is 66.5 Å². The number of aromatic nitrogens is 4. The number of nitrogens with zero attached hydrogens (tertiary/aromatic N) is 4. The summed E-state index contributed by atoms with van der Waals surface area (Å²) in [7, 11) is 0. The fourth-order valence-corrected chi connectivity index (χ4v) is 8.95. The first kappa shape index (κ1) is 40.8. The van der Waals surface area contributed by atoms with E-state index < -0.39 is 12.1 Å². The largest absolute Gasteiger partial charge is 0.340 e. The summed E-state index contributed by atoms with van der Waals surface area (Å²) in [4.78, 5) is 73.9. The molecule has 4 fully saturated rings. The van der Waals surface area contributed by atoms with Gasteiger partial charge >= 0.3 is 0 Å². The molecule has 4 atom stereocenters. The van der Waals surface area contributed by atoms with Crippen molar-refractivity contribution in [1.82, 2.24) is 40.4 Å². The van der Waals surface area contributed by atoms with Gasteiger partial charge in [-0.3, -0.25) is 19.2 Å². The molecule has 322 valence electrons. The van der Waals surface area contributed by atoms with Gasteiger partial charge in [-0.05, 0) is 97.9 Å². The van der Waals surface area contributed by atoms with Crippen molar-refractivity contribution in [3.05, 3.63) is 155 Å². The van der Waals surface area contributed by atoms with E-state index in [1.54, 1.807) is 0 Å². The quantitative estimate of drug-likeness (QED) is 0.0925. The topological polar surface area (TPSA) is 156 Å². The monoisotopic (exact) mass is 850 g/mol. The van der Waals surface area contributed by atoms with E-state index in [2.05, 4.69) is 32.4 Å². The minimum absolute atomic E-state index is 0.000920. The highest BCUT2D eigenvalue weighted by Crippen LogP contribution is 2.37. The normalized spacial score (nSPS) is 19.1. The Morgan fingerprint density at radius 1 is 0.531 bits per heavy atom. The third-order valence-electron chi connectivity index (χ3n) is 12.9. The van der Waals surface area contributed by atoms with Crippen LogP contribution in [0.5, 0.6) is 0 Å². The van der Waals surface area contributed by atoms with Gasteiger partial charge in [0.1, 0.15) is 23.7 Å². The molecule has 2 aromatic heterocycles. The van der Waals surface area contributed by atoms with Gasteiger partial charge in [-0.1, -0.05) is 96.8 Å². The molecule has 0 spiro atoms. The van der Waals surface area contributed by atoms with E-state index in [0.29, 0.717) is 13.1 Å². The Morgan fingerprint density at radius 2 is 0.922 bits per heavy atom. The zero-order valence-corrected chi connectivity index (χ0v) is 35.5. The number of carbonyl (C=O) groups excluding carboxylic acids is 4. The van der Waals surface area contributed by atoms with Crippen LogP contribution in [-0.2, 0) is 19.2 Å². The van der Waals surface area contributed by atoms with Crippen molar-refractivity contribution < 1.29 is 19.2 Å². The maximum Gasteiger partial charge on any atom is 0.250 e. The molecule has 12 heteroatoms. The summed E-state index contributed by atoms with van der Waals surface area (Å²) in [6.07, 6.45) is 10.4. The molecule has 12 nitrogen and oxygen atoms in total. The lowest BCUT2D eigenvalue weighted by molar-refractivity contribution is -0.138. The minimum atomic E-state index is -0.734. The molecule has 4 aliphatic rings. The highest BCUT2D eigenvalue weighted by Gasteiger charge is 2.41. The lowest BCUT2D eigenvalue weighted by atomic mass is 10.0. The number of benzene rings is 4. The number of rotatable bonds is 12. The van der Waals surface area contributed by atoms with Gasteiger partial charge in [0.2, 0.25) is 23.6 Å². The van der Waals surface area contributed by atoms with Crippen LogP contribution in [0.1, 0.15) is 109 Å². The first-order chi connectivity index (χ1) is 31.4. The van der Waals surface area contributed by atoms with Crippen LogP contribution in [0.4, 0.5) is 0 Å². The fraction of sp³-hybridized carbons (Fsp3) is 0.308. The first-order valence-electron chi connectivity index (χ1n) is 22.5. The van der Waals surface area contributed by atoms with Crippen LogP contribution in [0.2, 0.25) is 0 Å². The smallest absolute Gasteiger partial charge is 0.250 e. The molecular weight excluding hydrogens is 801 g/mol. The van der Waals surface area contributed by atoms with Gasteiger partial charge in [0.15, 0.2) is 0 Å². The molecule has 2 unspecified atom stereocenters. The second-order valence-corrected chi connectivity index (χ2v) is 17.4. The number of likely N-dealkylation sites (tertiary alicyclic amines) is 2. The molecule has 2 saturated carbocycles. The zero-order valence-electron chi connectivity index (χ0n) is 35.5. The number of hydrogen-bond acceptors (Lipinski definition) is 6. The number of carbonyl (C=O) groups is 4. The SMILES string of the molecule is O=C(N[C@@H](C(=O)N1CCCC1c1ncc(-c2ccc(C#Cc3ccc(-c4cnc(C5CCCN5C(=O)[C@H](NC(=O)C5CC5)c5ccccc5)[nH]4)cc3)cc2)[nH]1)c1ccccc1)C1CC1. The molecule has 2 aliphatic carbocycles. The van der Waals surface area contributed by atoms with Crippen LogP contribution in [0.3, 0.4) is 0 Å². The minimum Gasteiger partial charge on any atom is -0.340 e. The van der Waals surface area contributed by atoms with E-state index in [0.717, 1.165) is 108 Å². The molecule has 4 aromatic carbocycles. The van der Waals surface area contributed by atoms with Gasteiger partial charge in [-0.15, -0.1) is 0 Å². The number of nitrogens with one attached hydrogen (secondary N) is 4. The Morgan fingerprint density at radius 3 is 1.30 bits per heavy atom. The maximum absolute atomic E-state index is 14.1. The highest BCUT2D eigenvalue weighted by molar-refractivity contribution is 5.91. The average Bonchev–Trinajstić information content (AvgIpc) is 4.09. The lowest BCUT2D eigenvalue weighted by Crippen LogP contribution is -2.43. The van der Waals surface area contributed by atoms with Crippen molar-refractivity contribution in [2.45, 2.75) is 75.5 Å². The number of H-pyrrole nitrogens is 2. The third-order valence-corrected chi connectivity index (χ3v) is 12.9. The van der Waals surface area contributed by atoms with Crippen LogP contribution < -0.4 is 10.6 Å². The molecule has 64 heavy (non-hydrogen) atoms. The summed E-state index contributed by atoms with van der Waals surface area (Å²) in [6.45, 7) is 1.20. The Labute approximate surface area is 372 Å². The van der Waals surface area contributed by atoms with Gasteiger partial charge in [0, 0.05) is 36.1 Å². The van der Waals surface area contributed by atoms with E-state index in [1.165, 1.54) is 0 Å². The summed E-state index contributed by atoms with van der Waals surface area (Å²) < 4.78 is 0. The number of imidazole rings is 2. The van der Waals surface area contributed by atoms with Crippen molar-refractivity contribution >= 4 is 23.6 Å². The molecule has 2 aliphatic heterocycles.